The van der Waals surface area contributed by atoms with Crippen molar-refractivity contribution in [3.63, 3.8) is 0 Å². The molecular formula is C21H34N4O6. The van der Waals surface area contributed by atoms with Crippen LogP contribution in [0, 0.1) is 5.92 Å². The molecule has 2 N–H and O–H groups in total. The third-order valence-electron chi connectivity index (χ3n) is 6.52. The van der Waals surface area contributed by atoms with E-state index in [0.717, 1.165) is 26.1 Å². The number of morpholine rings is 1. The topological polar surface area (TPSA) is 112 Å². The van der Waals surface area contributed by atoms with Gasteiger partial charge in [0.1, 0.15) is 17.7 Å². The summed E-state index contributed by atoms with van der Waals surface area (Å²) in [5.74, 6) is -0.222. The average Bonchev–Trinajstić information content (AvgIpc) is 3.39. The van der Waals surface area contributed by atoms with Crippen molar-refractivity contribution in [3.05, 3.63) is 0 Å². The lowest BCUT2D eigenvalue weighted by Crippen LogP contribution is -2.62. The van der Waals surface area contributed by atoms with Crippen molar-refractivity contribution >= 4 is 17.9 Å². The Kier molecular flexibility index (Phi) is 6.15. The highest BCUT2D eigenvalue weighted by atomic mass is 16.6. The van der Waals surface area contributed by atoms with E-state index in [-0.39, 0.29) is 24.5 Å². The highest BCUT2D eigenvalue weighted by Gasteiger charge is 2.57. The third kappa shape index (κ3) is 4.96. The second-order valence-corrected chi connectivity index (χ2v) is 10.0. The van der Waals surface area contributed by atoms with Gasteiger partial charge in [-0.3, -0.25) is 14.5 Å². The molecule has 0 aromatic rings. The Balaban J connectivity index is 1.34. The summed E-state index contributed by atoms with van der Waals surface area (Å²) in [4.78, 5) is 43.9. The molecule has 3 heterocycles. The number of alkyl carbamates (subject to hydrolysis) is 1. The molecule has 0 aromatic heterocycles. The minimum Gasteiger partial charge on any atom is -0.444 e. The second-order valence-electron chi connectivity index (χ2n) is 10.0. The maximum Gasteiger partial charge on any atom is 0.407 e. The van der Waals surface area contributed by atoms with E-state index in [2.05, 4.69) is 10.2 Å². The maximum absolute atomic E-state index is 13.3. The van der Waals surface area contributed by atoms with E-state index in [0.29, 0.717) is 32.0 Å². The standard InChI is InChI=1S/C21H34N4O6/c1-21(2,3)31-20(29)22-10-17(26)19(28)25-15-8-13(15)9-16(25)18(27)24-5-4-23-6-7-30-12-14(23)11-24/h13-17,26H,4-12H2,1-3H3,(H,22,29). The van der Waals surface area contributed by atoms with E-state index >= 15 is 0 Å². The molecule has 5 atom stereocenters. The molecule has 3 saturated heterocycles. The Morgan fingerprint density at radius 1 is 1.19 bits per heavy atom. The number of ether oxygens (including phenoxy) is 2. The maximum atomic E-state index is 13.3. The molecule has 1 saturated carbocycles. The number of fused-ring (bicyclic) bond motifs is 2. The van der Waals surface area contributed by atoms with E-state index < -0.39 is 29.7 Å². The van der Waals surface area contributed by atoms with Crippen molar-refractivity contribution in [3.8, 4) is 0 Å². The van der Waals surface area contributed by atoms with E-state index in [9.17, 15) is 19.5 Å². The van der Waals surface area contributed by atoms with Gasteiger partial charge in [0.05, 0.1) is 25.8 Å². The largest absolute Gasteiger partial charge is 0.444 e. The molecule has 4 fully saturated rings. The smallest absolute Gasteiger partial charge is 0.407 e. The van der Waals surface area contributed by atoms with E-state index in [1.807, 2.05) is 4.90 Å². The van der Waals surface area contributed by atoms with Crippen LogP contribution in [0.15, 0.2) is 0 Å². The van der Waals surface area contributed by atoms with Gasteiger partial charge < -0.3 is 29.7 Å². The van der Waals surface area contributed by atoms with Gasteiger partial charge in [-0.1, -0.05) is 0 Å². The lowest BCUT2D eigenvalue weighted by molar-refractivity contribution is -0.152. The molecular weight excluding hydrogens is 404 g/mol. The van der Waals surface area contributed by atoms with Gasteiger partial charge in [0.15, 0.2) is 0 Å². The summed E-state index contributed by atoms with van der Waals surface area (Å²) in [5.41, 5.74) is -0.667. The zero-order chi connectivity index (χ0) is 22.3. The molecule has 0 spiro atoms. The summed E-state index contributed by atoms with van der Waals surface area (Å²) in [6.45, 7) is 9.27. The number of carbonyl (C=O) groups excluding carboxylic acids is 3. The van der Waals surface area contributed by atoms with Gasteiger partial charge >= 0.3 is 6.09 Å². The number of hydrogen-bond acceptors (Lipinski definition) is 7. The molecule has 3 amide bonds. The van der Waals surface area contributed by atoms with Crippen LogP contribution in [0.25, 0.3) is 0 Å². The Bertz CT molecular complexity index is 725. The SMILES string of the molecule is CC(C)(C)OC(=O)NCC(O)C(=O)N1C(C(=O)N2CCN3CCOCC3C2)CC2CC21. The zero-order valence-electron chi connectivity index (χ0n) is 18.6. The van der Waals surface area contributed by atoms with Crippen molar-refractivity contribution in [2.24, 2.45) is 5.92 Å². The molecule has 4 rings (SSSR count). The number of nitrogens with zero attached hydrogens (tertiary/aromatic N) is 3. The Morgan fingerprint density at radius 2 is 1.97 bits per heavy atom. The number of piperazine rings is 1. The van der Waals surface area contributed by atoms with Gasteiger partial charge in [-0.15, -0.1) is 0 Å². The number of aliphatic hydroxyl groups excluding tert-OH is 1. The number of nitrogens with one attached hydrogen (secondary N) is 1. The normalized spacial score (nSPS) is 31.5. The Labute approximate surface area is 182 Å². The summed E-state index contributed by atoms with van der Waals surface area (Å²) in [7, 11) is 0. The van der Waals surface area contributed by atoms with Crippen LogP contribution in [0.5, 0.6) is 0 Å². The lowest BCUT2D eigenvalue weighted by Gasteiger charge is -2.45. The summed E-state index contributed by atoms with van der Waals surface area (Å²) in [6.07, 6.45) is -0.592. The van der Waals surface area contributed by atoms with Gasteiger partial charge in [0.2, 0.25) is 5.91 Å². The highest BCUT2D eigenvalue weighted by molar-refractivity contribution is 5.91. The summed E-state index contributed by atoms with van der Waals surface area (Å²) >= 11 is 0. The quantitative estimate of drug-likeness (QED) is 0.603. The molecule has 31 heavy (non-hydrogen) atoms. The van der Waals surface area contributed by atoms with Crippen LogP contribution in [0.1, 0.15) is 33.6 Å². The van der Waals surface area contributed by atoms with Gasteiger partial charge in [0, 0.05) is 32.2 Å². The van der Waals surface area contributed by atoms with Crippen LogP contribution in [0.4, 0.5) is 4.79 Å². The van der Waals surface area contributed by atoms with Crippen molar-refractivity contribution in [1.29, 1.82) is 0 Å². The molecule has 10 nitrogen and oxygen atoms in total. The van der Waals surface area contributed by atoms with Crippen LogP contribution in [0.2, 0.25) is 0 Å². The fraction of sp³-hybridized carbons (Fsp3) is 0.857. The Hall–Kier alpha value is -1.91. The number of aliphatic hydroxyl groups is 1. The van der Waals surface area contributed by atoms with Gasteiger partial charge in [-0.2, -0.15) is 0 Å². The number of amides is 3. The van der Waals surface area contributed by atoms with E-state index in [1.165, 1.54) is 0 Å². The van der Waals surface area contributed by atoms with Crippen LogP contribution in [0.3, 0.4) is 0 Å². The molecule has 0 radical (unpaired) electrons. The lowest BCUT2D eigenvalue weighted by atomic mass is 10.1. The Morgan fingerprint density at radius 3 is 2.71 bits per heavy atom. The average molecular weight is 439 g/mol. The molecule has 4 aliphatic rings. The first-order valence-corrected chi connectivity index (χ1v) is 11.2. The van der Waals surface area contributed by atoms with Crippen LogP contribution >= 0.6 is 0 Å². The summed E-state index contributed by atoms with van der Waals surface area (Å²) < 4.78 is 10.7. The molecule has 3 aliphatic heterocycles. The predicted octanol–water partition coefficient (Wildman–Crippen LogP) is -0.596. The molecule has 10 heteroatoms. The molecule has 5 unspecified atom stereocenters. The van der Waals surface area contributed by atoms with Crippen molar-refractivity contribution in [1.82, 2.24) is 20.0 Å². The monoisotopic (exact) mass is 438 g/mol. The number of rotatable bonds is 4. The van der Waals surface area contributed by atoms with Crippen LogP contribution < -0.4 is 5.32 Å². The predicted molar refractivity (Wildman–Crippen MR) is 110 cm³/mol. The van der Waals surface area contributed by atoms with Crippen molar-refractivity contribution in [2.75, 3.05) is 45.9 Å². The summed E-state index contributed by atoms with van der Waals surface area (Å²) in [6, 6.07) is -0.324. The van der Waals surface area contributed by atoms with Gasteiger partial charge in [-0.25, -0.2) is 4.79 Å². The van der Waals surface area contributed by atoms with Crippen molar-refractivity contribution < 1.29 is 29.0 Å². The number of hydrogen-bond donors (Lipinski definition) is 2. The van der Waals surface area contributed by atoms with Crippen molar-refractivity contribution in [2.45, 2.75) is 63.4 Å². The van der Waals surface area contributed by atoms with Crippen LogP contribution in [-0.2, 0) is 19.1 Å². The molecule has 0 aromatic carbocycles. The van der Waals surface area contributed by atoms with Gasteiger partial charge in [-0.05, 0) is 39.5 Å². The number of likely N-dealkylation sites (tertiary alicyclic amines) is 1. The van der Waals surface area contributed by atoms with E-state index in [1.54, 1.807) is 25.7 Å². The fourth-order valence-corrected chi connectivity index (χ4v) is 4.90. The minimum atomic E-state index is -1.41. The van der Waals surface area contributed by atoms with Crippen LogP contribution in [-0.4, -0.2) is 113 Å². The third-order valence-corrected chi connectivity index (χ3v) is 6.52. The first-order valence-electron chi connectivity index (χ1n) is 11.2. The highest BCUT2D eigenvalue weighted by Crippen LogP contribution is 2.48. The first kappa shape index (κ1) is 22.3. The summed E-state index contributed by atoms with van der Waals surface area (Å²) in [5, 5.41) is 12.9. The molecule has 1 aliphatic carbocycles. The first-order chi connectivity index (χ1) is 14.6. The number of piperidine rings is 1. The molecule has 174 valence electrons. The number of carbonyl (C=O) groups is 3. The molecule has 0 bridgehead atoms. The fourth-order valence-electron chi connectivity index (χ4n) is 4.90. The van der Waals surface area contributed by atoms with E-state index in [4.69, 9.17) is 9.47 Å². The zero-order valence-corrected chi connectivity index (χ0v) is 18.6. The second kappa shape index (κ2) is 8.55. The minimum absolute atomic E-state index is 0.0110. The van der Waals surface area contributed by atoms with Gasteiger partial charge in [0.25, 0.3) is 5.91 Å².